The molecule has 0 bridgehead atoms. The molecule has 0 fully saturated rings. The zero-order valence-electron chi connectivity index (χ0n) is 9.99. The Morgan fingerprint density at radius 1 is 1.31 bits per heavy atom. The molecule has 0 unspecified atom stereocenters. The molecule has 1 rings (SSSR count). The van der Waals surface area contributed by atoms with Crippen molar-refractivity contribution in [3.05, 3.63) is 29.8 Å². The van der Waals surface area contributed by atoms with E-state index in [0.717, 1.165) is 30.3 Å². The van der Waals surface area contributed by atoms with E-state index in [1.165, 1.54) is 6.42 Å². The summed E-state index contributed by atoms with van der Waals surface area (Å²) in [5.74, 6) is 1.66. The first-order valence-corrected chi connectivity index (χ1v) is 5.67. The van der Waals surface area contributed by atoms with Crippen LogP contribution in [0.3, 0.4) is 0 Å². The predicted molar refractivity (Wildman–Crippen MR) is 67.0 cm³/mol. The highest BCUT2D eigenvalue weighted by atomic mass is 16.5. The van der Waals surface area contributed by atoms with Gasteiger partial charge in [0.05, 0.1) is 6.61 Å². The second-order valence-electron chi connectivity index (χ2n) is 4.32. The SMILES string of the molecule is CC(C)CCCOc1ccc(C(=N)N)cc1. The Morgan fingerprint density at radius 3 is 2.44 bits per heavy atom. The number of ether oxygens (including phenoxy) is 1. The summed E-state index contributed by atoms with van der Waals surface area (Å²) < 4.78 is 5.58. The number of amidine groups is 1. The summed E-state index contributed by atoms with van der Waals surface area (Å²) in [5, 5.41) is 7.26. The molecule has 0 aliphatic rings. The van der Waals surface area contributed by atoms with E-state index in [1.807, 2.05) is 12.1 Å². The first kappa shape index (κ1) is 12.6. The summed E-state index contributed by atoms with van der Waals surface area (Å²) in [5.41, 5.74) is 6.09. The summed E-state index contributed by atoms with van der Waals surface area (Å²) in [4.78, 5) is 0. The van der Waals surface area contributed by atoms with E-state index in [9.17, 15) is 0 Å². The van der Waals surface area contributed by atoms with E-state index >= 15 is 0 Å². The Morgan fingerprint density at radius 2 is 1.94 bits per heavy atom. The number of benzene rings is 1. The van der Waals surface area contributed by atoms with Crippen molar-refractivity contribution in [1.82, 2.24) is 0 Å². The van der Waals surface area contributed by atoms with Crippen molar-refractivity contribution in [2.75, 3.05) is 6.61 Å². The van der Waals surface area contributed by atoms with Crippen LogP contribution in [0.1, 0.15) is 32.3 Å². The molecule has 88 valence electrons. The number of rotatable bonds is 6. The van der Waals surface area contributed by atoms with Gasteiger partial charge in [0.15, 0.2) is 0 Å². The summed E-state index contributed by atoms with van der Waals surface area (Å²) in [6.07, 6.45) is 2.26. The maximum atomic E-state index is 7.26. The fourth-order valence-corrected chi connectivity index (χ4v) is 1.41. The first-order valence-electron chi connectivity index (χ1n) is 5.67. The van der Waals surface area contributed by atoms with Crippen molar-refractivity contribution in [2.45, 2.75) is 26.7 Å². The smallest absolute Gasteiger partial charge is 0.122 e. The van der Waals surface area contributed by atoms with E-state index < -0.39 is 0 Å². The molecular formula is C13H20N2O. The third-order valence-corrected chi connectivity index (χ3v) is 2.36. The van der Waals surface area contributed by atoms with Gasteiger partial charge in [-0.25, -0.2) is 0 Å². The van der Waals surface area contributed by atoms with Gasteiger partial charge in [0.1, 0.15) is 11.6 Å². The Hall–Kier alpha value is -1.51. The lowest BCUT2D eigenvalue weighted by molar-refractivity contribution is 0.297. The van der Waals surface area contributed by atoms with Gasteiger partial charge in [-0.2, -0.15) is 0 Å². The molecule has 0 saturated heterocycles. The number of nitrogens with one attached hydrogen (secondary N) is 1. The molecule has 0 saturated carbocycles. The van der Waals surface area contributed by atoms with E-state index in [-0.39, 0.29) is 5.84 Å². The molecular weight excluding hydrogens is 200 g/mol. The predicted octanol–water partition coefficient (Wildman–Crippen LogP) is 2.79. The van der Waals surface area contributed by atoms with Crippen molar-refractivity contribution in [3.8, 4) is 5.75 Å². The third-order valence-electron chi connectivity index (χ3n) is 2.36. The quantitative estimate of drug-likeness (QED) is 0.440. The van der Waals surface area contributed by atoms with Crippen LogP contribution in [0.25, 0.3) is 0 Å². The van der Waals surface area contributed by atoms with Crippen LogP contribution in [0.2, 0.25) is 0 Å². The molecule has 16 heavy (non-hydrogen) atoms. The van der Waals surface area contributed by atoms with E-state index in [4.69, 9.17) is 15.9 Å². The molecule has 0 radical (unpaired) electrons. The first-order chi connectivity index (χ1) is 7.59. The highest BCUT2D eigenvalue weighted by Gasteiger charge is 1.98. The molecule has 3 heteroatoms. The normalized spacial score (nSPS) is 10.4. The molecule has 0 spiro atoms. The molecule has 0 aromatic heterocycles. The monoisotopic (exact) mass is 220 g/mol. The summed E-state index contributed by atoms with van der Waals surface area (Å²) in [6.45, 7) is 5.17. The van der Waals surface area contributed by atoms with Gasteiger partial charge in [-0.05, 0) is 43.0 Å². The van der Waals surface area contributed by atoms with Gasteiger partial charge in [0, 0.05) is 5.56 Å². The van der Waals surface area contributed by atoms with Crippen LogP contribution in [0, 0.1) is 11.3 Å². The van der Waals surface area contributed by atoms with Crippen LogP contribution in [-0.4, -0.2) is 12.4 Å². The lowest BCUT2D eigenvalue weighted by atomic mass is 10.1. The van der Waals surface area contributed by atoms with Gasteiger partial charge >= 0.3 is 0 Å². The fourth-order valence-electron chi connectivity index (χ4n) is 1.41. The summed E-state index contributed by atoms with van der Waals surface area (Å²) in [6, 6.07) is 7.32. The van der Waals surface area contributed by atoms with Crippen LogP contribution < -0.4 is 10.5 Å². The maximum absolute atomic E-state index is 7.26. The number of hydrogen-bond donors (Lipinski definition) is 2. The van der Waals surface area contributed by atoms with Gasteiger partial charge < -0.3 is 10.5 Å². The second kappa shape index (κ2) is 6.16. The molecule has 0 aliphatic heterocycles. The Bertz CT molecular complexity index is 330. The molecule has 0 heterocycles. The molecule has 0 atom stereocenters. The highest BCUT2D eigenvalue weighted by Crippen LogP contribution is 2.13. The van der Waals surface area contributed by atoms with Crippen LogP contribution in [-0.2, 0) is 0 Å². The van der Waals surface area contributed by atoms with E-state index in [2.05, 4.69) is 13.8 Å². The second-order valence-corrected chi connectivity index (χ2v) is 4.32. The van der Waals surface area contributed by atoms with Crippen LogP contribution in [0.4, 0.5) is 0 Å². The van der Waals surface area contributed by atoms with Crippen LogP contribution >= 0.6 is 0 Å². The van der Waals surface area contributed by atoms with Crippen molar-refractivity contribution in [2.24, 2.45) is 11.7 Å². The standard InChI is InChI=1S/C13H20N2O/c1-10(2)4-3-9-16-12-7-5-11(6-8-12)13(14)15/h5-8,10H,3-4,9H2,1-2H3,(H3,14,15). The minimum absolute atomic E-state index is 0.0892. The summed E-state index contributed by atoms with van der Waals surface area (Å²) >= 11 is 0. The van der Waals surface area contributed by atoms with Crippen molar-refractivity contribution >= 4 is 5.84 Å². The van der Waals surface area contributed by atoms with E-state index in [1.54, 1.807) is 12.1 Å². The van der Waals surface area contributed by atoms with Crippen molar-refractivity contribution in [1.29, 1.82) is 5.41 Å². The zero-order valence-corrected chi connectivity index (χ0v) is 9.99. The largest absolute Gasteiger partial charge is 0.494 e. The average molecular weight is 220 g/mol. The minimum atomic E-state index is 0.0892. The number of nitrogen functional groups attached to an aromatic ring is 1. The molecule has 0 amide bonds. The van der Waals surface area contributed by atoms with Crippen molar-refractivity contribution < 1.29 is 4.74 Å². The minimum Gasteiger partial charge on any atom is -0.494 e. The molecule has 0 aliphatic carbocycles. The van der Waals surface area contributed by atoms with E-state index in [0.29, 0.717) is 0 Å². The number of hydrogen-bond acceptors (Lipinski definition) is 2. The lowest BCUT2D eigenvalue weighted by Crippen LogP contribution is -2.10. The van der Waals surface area contributed by atoms with Crippen LogP contribution in [0.5, 0.6) is 5.75 Å². The topological polar surface area (TPSA) is 59.1 Å². The molecule has 1 aromatic rings. The van der Waals surface area contributed by atoms with Gasteiger partial charge in [0.2, 0.25) is 0 Å². The Kier molecular flexibility index (Phi) is 4.83. The van der Waals surface area contributed by atoms with Crippen molar-refractivity contribution in [3.63, 3.8) is 0 Å². The van der Waals surface area contributed by atoms with Gasteiger partial charge in [-0.3, -0.25) is 5.41 Å². The average Bonchev–Trinajstić information content (AvgIpc) is 2.25. The highest BCUT2D eigenvalue weighted by molar-refractivity contribution is 5.94. The van der Waals surface area contributed by atoms with Gasteiger partial charge in [0.25, 0.3) is 0 Å². The van der Waals surface area contributed by atoms with Crippen LogP contribution in [0.15, 0.2) is 24.3 Å². The van der Waals surface area contributed by atoms with Gasteiger partial charge in [-0.1, -0.05) is 13.8 Å². The number of nitrogens with two attached hydrogens (primary N) is 1. The summed E-state index contributed by atoms with van der Waals surface area (Å²) in [7, 11) is 0. The molecule has 1 aromatic carbocycles. The lowest BCUT2D eigenvalue weighted by Gasteiger charge is -2.08. The third kappa shape index (κ3) is 4.34. The molecule has 3 N–H and O–H groups in total. The Labute approximate surface area is 97.1 Å². The maximum Gasteiger partial charge on any atom is 0.122 e. The fraction of sp³-hybridized carbons (Fsp3) is 0.462. The van der Waals surface area contributed by atoms with Gasteiger partial charge in [-0.15, -0.1) is 0 Å². The Balaban J connectivity index is 2.35. The zero-order chi connectivity index (χ0) is 12.0. The molecule has 3 nitrogen and oxygen atoms in total.